The molecule has 3 heteroatoms. The van der Waals surface area contributed by atoms with Crippen LogP contribution in [0.4, 0.5) is 0 Å². The van der Waals surface area contributed by atoms with E-state index in [0.29, 0.717) is 5.25 Å². The highest BCUT2D eigenvalue weighted by molar-refractivity contribution is 7.99. The molecule has 0 fully saturated rings. The van der Waals surface area contributed by atoms with Gasteiger partial charge in [0.2, 0.25) is 0 Å². The third-order valence-corrected chi connectivity index (χ3v) is 3.28. The van der Waals surface area contributed by atoms with Crippen LogP contribution in [0.3, 0.4) is 0 Å². The molecule has 0 saturated heterocycles. The molecule has 0 rings (SSSR count). The molecule has 0 saturated carbocycles. The summed E-state index contributed by atoms with van der Waals surface area (Å²) in [6.45, 7) is 6.36. The molecular weight excluding hydrogens is 182 g/mol. The first-order chi connectivity index (χ1) is 6.02. The zero-order chi connectivity index (χ0) is 10.3. The Bertz CT molecular complexity index is 128. The van der Waals surface area contributed by atoms with Gasteiger partial charge in [-0.15, -0.1) is 0 Å². The fraction of sp³-hybridized carbons (Fsp3) is 1.00. The van der Waals surface area contributed by atoms with E-state index in [1.165, 1.54) is 18.6 Å². The van der Waals surface area contributed by atoms with E-state index in [2.05, 4.69) is 13.8 Å². The fourth-order valence-electron chi connectivity index (χ4n) is 1.21. The molecule has 2 nitrogen and oxygen atoms in total. The lowest BCUT2D eigenvalue weighted by molar-refractivity contribution is 0.201. The van der Waals surface area contributed by atoms with Crippen LogP contribution in [-0.2, 0) is 0 Å². The first-order valence-corrected chi connectivity index (χ1v) is 6.08. The van der Waals surface area contributed by atoms with Crippen molar-refractivity contribution in [1.82, 2.24) is 0 Å². The van der Waals surface area contributed by atoms with Gasteiger partial charge in [0.15, 0.2) is 0 Å². The largest absolute Gasteiger partial charge is 0.394 e. The first-order valence-electron chi connectivity index (χ1n) is 5.03. The number of unbranched alkanes of at least 4 members (excludes halogenated alkanes) is 1. The molecule has 0 radical (unpaired) electrons. The summed E-state index contributed by atoms with van der Waals surface area (Å²) >= 11 is 1.95. The number of hydrogen-bond donors (Lipinski definition) is 2. The molecule has 0 aromatic heterocycles. The maximum absolute atomic E-state index is 8.98. The quantitative estimate of drug-likeness (QED) is 0.625. The van der Waals surface area contributed by atoms with Crippen molar-refractivity contribution in [2.24, 2.45) is 5.73 Å². The molecule has 2 atom stereocenters. The van der Waals surface area contributed by atoms with Gasteiger partial charge in [0.1, 0.15) is 0 Å². The summed E-state index contributed by atoms with van der Waals surface area (Å²) in [7, 11) is 0. The molecular formula is C10H23NOS. The van der Waals surface area contributed by atoms with Crippen LogP contribution >= 0.6 is 11.8 Å². The Labute approximate surface area is 86.3 Å². The summed E-state index contributed by atoms with van der Waals surface area (Å²) in [4.78, 5) is 0. The average Bonchev–Trinajstić information content (AvgIpc) is 2.04. The van der Waals surface area contributed by atoms with Crippen molar-refractivity contribution in [2.75, 3.05) is 12.4 Å². The van der Waals surface area contributed by atoms with Crippen LogP contribution in [0.25, 0.3) is 0 Å². The average molecular weight is 205 g/mol. The number of rotatable bonds is 7. The van der Waals surface area contributed by atoms with Gasteiger partial charge in [-0.2, -0.15) is 11.8 Å². The summed E-state index contributed by atoms with van der Waals surface area (Å²) in [5.41, 5.74) is 5.45. The van der Waals surface area contributed by atoms with Crippen LogP contribution in [0.1, 0.15) is 40.0 Å². The molecule has 13 heavy (non-hydrogen) atoms. The molecule has 0 aliphatic rings. The van der Waals surface area contributed by atoms with E-state index in [-0.39, 0.29) is 6.61 Å². The predicted molar refractivity (Wildman–Crippen MR) is 61.1 cm³/mol. The maximum Gasteiger partial charge on any atom is 0.0608 e. The van der Waals surface area contributed by atoms with Gasteiger partial charge >= 0.3 is 0 Å². The molecule has 0 heterocycles. The van der Waals surface area contributed by atoms with Gasteiger partial charge in [-0.25, -0.2) is 0 Å². The Morgan fingerprint density at radius 1 is 1.54 bits per heavy atom. The third-order valence-electron chi connectivity index (χ3n) is 2.02. The molecule has 3 N–H and O–H groups in total. The Balaban J connectivity index is 3.55. The minimum Gasteiger partial charge on any atom is -0.394 e. The van der Waals surface area contributed by atoms with Crippen molar-refractivity contribution >= 4 is 11.8 Å². The van der Waals surface area contributed by atoms with Crippen LogP contribution in [0.2, 0.25) is 0 Å². The molecule has 2 unspecified atom stereocenters. The van der Waals surface area contributed by atoms with E-state index in [1.54, 1.807) is 0 Å². The molecule has 0 aliphatic carbocycles. The van der Waals surface area contributed by atoms with Crippen molar-refractivity contribution in [2.45, 2.75) is 50.8 Å². The van der Waals surface area contributed by atoms with Crippen molar-refractivity contribution < 1.29 is 5.11 Å². The van der Waals surface area contributed by atoms with Gasteiger partial charge in [0.25, 0.3) is 0 Å². The highest BCUT2D eigenvalue weighted by Gasteiger charge is 2.20. The molecule has 0 aromatic carbocycles. The molecule has 0 aromatic rings. The third kappa shape index (κ3) is 7.35. The zero-order valence-corrected chi connectivity index (χ0v) is 9.86. The first kappa shape index (κ1) is 13.3. The minimum atomic E-state index is -0.404. The summed E-state index contributed by atoms with van der Waals surface area (Å²) in [6.07, 6.45) is 3.41. The summed E-state index contributed by atoms with van der Waals surface area (Å²) in [6, 6.07) is 0. The summed E-state index contributed by atoms with van der Waals surface area (Å²) < 4.78 is 0. The van der Waals surface area contributed by atoms with Gasteiger partial charge in [0, 0.05) is 10.8 Å². The topological polar surface area (TPSA) is 46.2 Å². The monoisotopic (exact) mass is 205 g/mol. The van der Waals surface area contributed by atoms with Gasteiger partial charge in [-0.1, -0.05) is 20.3 Å². The Kier molecular flexibility index (Phi) is 6.82. The van der Waals surface area contributed by atoms with E-state index < -0.39 is 5.54 Å². The van der Waals surface area contributed by atoms with E-state index >= 15 is 0 Å². The fourth-order valence-corrected chi connectivity index (χ4v) is 2.57. The second kappa shape index (κ2) is 6.68. The van der Waals surface area contributed by atoms with Gasteiger partial charge < -0.3 is 10.8 Å². The molecule has 0 amide bonds. The van der Waals surface area contributed by atoms with E-state index in [1.807, 2.05) is 18.7 Å². The highest BCUT2D eigenvalue weighted by atomic mass is 32.2. The Hall–Kier alpha value is 0.270. The number of aliphatic hydroxyl groups excluding tert-OH is 1. The Morgan fingerprint density at radius 2 is 2.15 bits per heavy atom. The van der Waals surface area contributed by atoms with Gasteiger partial charge in [-0.05, 0) is 25.5 Å². The molecule has 0 bridgehead atoms. The van der Waals surface area contributed by atoms with Crippen molar-refractivity contribution in [3.05, 3.63) is 0 Å². The number of thioether (sulfide) groups is 1. The van der Waals surface area contributed by atoms with Crippen LogP contribution in [0.5, 0.6) is 0 Å². The summed E-state index contributed by atoms with van der Waals surface area (Å²) in [5.74, 6) is 1.21. The number of nitrogens with two attached hydrogens (primary N) is 1. The van der Waals surface area contributed by atoms with E-state index in [0.717, 1.165) is 6.42 Å². The lowest BCUT2D eigenvalue weighted by Crippen LogP contribution is -2.42. The second-order valence-electron chi connectivity index (χ2n) is 4.05. The lowest BCUT2D eigenvalue weighted by Gasteiger charge is -2.25. The standard InChI is InChI=1S/C10H23NOS/c1-4-5-6-13-9(2)7-10(3,11)8-12/h9,12H,4-8,11H2,1-3H3. The van der Waals surface area contributed by atoms with Crippen LogP contribution in [0, 0.1) is 0 Å². The Morgan fingerprint density at radius 3 is 2.62 bits per heavy atom. The van der Waals surface area contributed by atoms with Crippen LogP contribution < -0.4 is 5.73 Å². The molecule has 80 valence electrons. The number of aliphatic hydroxyl groups is 1. The molecule has 0 aliphatic heterocycles. The minimum absolute atomic E-state index is 0.0751. The van der Waals surface area contributed by atoms with E-state index in [4.69, 9.17) is 10.8 Å². The summed E-state index contributed by atoms with van der Waals surface area (Å²) in [5, 5.41) is 9.53. The number of hydrogen-bond acceptors (Lipinski definition) is 3. The van der Waals surface area contributed by atoms with E-state index in [9.17, 15) is 0 Å². The van der Waals surface area contributed by atoms with Crippen LogP contribution in [0.15, 0.2) is 0 Å². The predicted octanol–water partition coefficient (Wildman–Crippen LogP) is 2.01. The maximum atomic E-state index is 8.98. The zero-order valence-electron chi connectivity index (χ0n) is 9.05. The smallest absolute Gasteiger partial charge is 0.0608 e. The van der Waals surface area contributed by atoms with Gasteiger partial charge in [0.05, 0.1) is 6.61 Å². The van der Waals surface area contributed by atoms with Gasteiger partial charge in [-0.3, -0.25) is 0 Å². The van der Waals surface area contributed by atoms with Crippen molar-refractivity contribution in [1.29, 1.82) is 0 Å². The van der Waals surface area contributed by atoms with Crippen LogP contribution in [-0.4, -0.2) is 28.3 Å². The van der Waals surface area contributed by atoms with Crippen molar-refractivity contribution in [3.63, 3.8) is 0 Å². The van der Waals surface area contributed by atoms with Crippen molar-refractivity contribution in [3.8, 4) is 0 Å². The normalized spacial score (nSPS) is 18.2. The highest BCUT2D eigenvalue weighted by Crippen LogP contribution is 2.20. The molecule has 0 spiro atoms. The SMILES string of the molecule is CCCCSC(C)CC(C)(N)CO. The second-order valence-corrected chi connectivity index (χ2v) is 5.60. The lowest BCUT2D eigenvalue weighted by atomic mass is 9.99.